The van der Waals surface area contributed by atoms with Crippen molar-refractivity contribution in [3.63, 3.8) is 0 Å². The lowest BCUT2D eigenvalue weighted by atomic mass is 9.90. The van der Waals surface area contributed by atoms with E-state index in [0.29, 0.717) is 13.0 Å². The molecule has 0 radical (unpaired) electrons. The number of halogens is 1. The van der Waals surface area contributed by atoms with Crippen LogP contribution < -0.4 is 5.32 Å². The highest BCUT2D eigenvalue weighted by molar-refractivity contribution is 7.17. The highest BCUT2D eigenvalue weighted by atomic mass is 35.5. The molecule has 0 atom stereocenters. The molecule has 0 saturated carbocycles. The number of nitrogens with one attached hydrogen (secondary N) is 1. The van der Waals surface area contributed by atoms with Gasteiger partial charge in [0.15, 0.2) is 0 Å². The van der Waals surface area contributed by atoms with Crippen molar-refractivity contribution in [3.8, 4) is 0 Å². The topological polar surface area (TPSA) is 75.1 Å². The van der Waals surface area contributed by atoms with Gasteiger partial charge in [0.2, 0.25) is 9.47 Å². The number of amides is 1. The van der Waals surface area contributed by atoms with Crippen molar-refractivity contribution >= 4 is 28.8 Å². The molecule has 0 unspecified atom stereocenters. The Bertz CT molecular complexity index is 367. The fourth-order valence-corrected chi connectivity index (χ4v) is 1.83. The third kappa shape index (κ3) is 4.03. The zero-order valence-electron chi connectivity index (χ0n) is 9.16. The summed E-state index contributed by atoms with van der Waals surface area (Å²) in [5.74, 6) is -0.282. The highest BCUT2D eigenvalue weighted by Crippen LogP contribution is 2.19. The summed E-state index contributed by atoms with van der Waals surface area (Å²) in [5, 5.41) is 19.0. The van der Waals surface area contributed by atoms with E-state index in [1.807, 2.05) is 13.8 Å². The van der Waals surface area contributed by atoms with Crippen LogP contribution in [0.5, 0.6) is 0 Å². The summed E-state index contributed by atoms with van der Waals surface area (Å²) >= 11 is 6.62. The summed E-state index contributed by atoms with van der Waals surface area (Å²) < 4.78 is 0.250. The maximum atomic E-state index is 11.6. The van der Waals surface area contributed by atoms with Crippen molar-refractivity contribution < 1.29 is 9.90 Å². The van der Waals surface area contributed by atoms with E-state index in [4.69, 9.17) is 16.7 Å². The second kappa shape index (κ2) is 5.56. The minimum absolute atomic E-state index is 0.105. The lowest BCUT2D eigenvalue weighted by Crippen LogP contribution is -2.34. The van der Waals surface area contributed by atoms with Gasteiger partial charge in [0.05, 0.1) is 0 Å². The molecule has 90 valence electrons. The summed E-state index contributed by atoms with van der Waals surface area (Å²) in [6.07, 6.45) is 0.629. The molecule has 1 heterocycles. The molecule has 1 aromatic rings. The van der Waals surface area contributed by atoms with Crippen LogP contribution in [0.15, 0.2) is 0 Å². The minimum atomic E-state index is -0.282. The Labute approximate surface area is 103 Å². The fourth-order valence-electron chi connectivity index (χ4n) is 1.08. The first-order valence-electron chi connectivity index (χ1n) is 4.83. The normalized spacial score (nSPS) is 11.5. The molecule has 7 heteroatoms. The maximum absolute atomic E-state index is 11.6. The summed E-state index contributed by atoms with van der Waals surface area (Å²) in [6.45, 7) is 4.52. The average molecular weight is 264 g/mol. The monoisotopic (exact) mass is 263 g/mol. The maximum Gasteiger partial charge on any atom is 0.282 e. The second-order valence-electron chi connectivity index (χ2n) is 4.18. The lowest BCUT2D eigenvalue weighted by Gasteiger charge is -2.23. The van der Waals surface area contributed by atoms with Crippen LogP contribution in [0, 0.1) is 5.41 Å². The van der Waals surface area contributed by atoms with Crippen LogP contribution >= 0.6 is 22.9 Å². The van der Waals surface area contributed by atoms with E-state index in [2.05, 4.69) is 15.5 Å². The number of hydrogen-bond donors (Lipinski definition) is 2. The summed E-state index contributed by atoms with van der Waals surface area (Å²) in [4.78, 5) is 11.6. The van der Waals surface area contributed by atoms with Gasteiger partial charge >= 0.3 is 0 Å². The van der Waals surface area contributed by atoms with Crippen molar-refractivity contribution in [2.24, 2.45) is 5.41 Å². The van der Waals surface area contributed by atoms with Crippen LogP contribution in [0.2, 0.25) is 4.47 Å². The van der Waals surface area contributed by atoms with Crippen molar-refractivity contribution in [3.05, 3.63) is 9.47 Å². The number of aliphatic hydroxyl groups excluding tert-OH is 1. The molecule has 0 aliphatic carbocycles. The predicted molar refractivity (Wildman–Crippen MR) is 62.7 cm³/mol. The molecule has 0 aliphatic rings. The third-order valence-electron chi connectivity index (χ3n) is 2.11. The Balaban J connectivity index is 2.47. The van der Waals surface area contributed by atoms with Gasteiger partial charge in [-0.05, 0) is 23.4 Å². The fraction of sp³-hybridized carbons (Fsp3) is 0.667. The van der Waals surface area contributed by atoms with Gasteiger partial charge in [-0.15, -0.1) is 10.2 Å². The van der Waals surface area contributed by atoms with Crippen LogP contribution in [0.3, 0.4) is 0 Å². The van der Waals surface area contributed by atoms with Gasteiger partial charge in [-0.2, -0.15) is 0 Å². The zero-order chi connectivity index (χ0) is 12.2. The average Bonchev–Trinajstić information content (AvgIpc) is 2.61. The molecule has 0 aromatic carbocycles. The minimum Gasteiger partial charge on any atom is -0.396 e. The van der Waals surface area contributed by atoms with Crippen LogP contribution in [0.4, 0.5) is 0 Å². The first kappa shape index (κ1) is 13.3. The molecule has 0 saturated heterocycles. The second-order valence-corrected chi connectivity index (χ2v) is 5.74. The number of aliphatic hydroxyl groups is 1. The molecule has 5 nitrogen and oxygen atoms in total. The van der Waals surface area contributed by atoms with Crippen LogP contribution in [0.1, 0.15) is 30.1 Å². The number of nitrogens with zero attached hydrogens (tertiary/aromatic N) is 2. The summed E-state index contributed by atoms with van der Waals surface area (Å²) in [7, 11) is 0. The summed E-state index contributed by atoms with van der Waals surface area (Å²) in [5.41, 5.74) is -0.140. The molecule has 0 bridgehead atoms. The SMILES string of the molecule is CC(C)(CCO)CNC(=O)c1nnc(Cl)s1. The molecular formula is C9H14ClN3O2S. The molecule has 2 N–H and O–H groups in total. The Hall–Kier alpha value is -0.720. The molecule has 0 spiro atoms. The molecule has 1 aromatic heterocycles. The van der Waals surface area contributed by atoms with Crippen LogP contribution in [0.25, 0.3) is 0 Å². The van der Waals surface area contributed by atoms with E-state index >= 15 is 0 Å². The van der Waals surface area contributed by atoms with Gasteiger partial charge in [-0.3, -0.25) is 4.79 Å². The Morgan fingerprint density at radius 2 is 2.25 bits per heavy atom. The lowest BCUT2D eigenvalue weighted by molar-refractivity contribution is 0.0927. The zero-order valence-corrected chi connectivity index (χ0v) is 10.7. The van der Waals surface area contributed by atoms with Crippen molar-refractivity contribution in [1.29, 1.82) is 0 Å². The van der Waals surface area contributed by atoms with E-state index in [1.165, 1.54) is 0 Å². The molecule has 0 fully saturated rings. The van der Waals surface area contributed by atoms with Gasteiger partial charge in [0.1, 0.15) is 0 Å². The van der Waals surface area contributed by atoms with Crippen molar-refractivity contribution in [2.45, 2.75) is 20.3 Å². The number of carbonyl (C=O) groups excluding carboxylic acids is 1. The van der Waals surface area contributed by atoms with E-state index in [0.717, 1.165) is 11.3 Å². The molecule has 16 heavy (non-hydrogen) atoms. The van der Waals surface area contributed by atoms with E-state index < -0.39 is 0 Å². The van der Waals surface area contributed by atoms with Crippen molar-refractivity contribution in [2.75, 3.05) is 13.2 Å². The Morgan fingerprint density at radius 1 is 1.56 bits per heavy atom. The molecular weight excluding hydrogens is 250 g/mol. The number of aromatic nitrogens is 2. The van der Waals surface area contributed by atoms with Gasteiger partial charge in [0.25, 0.3) is 5.91 Å². The van der Waals surface area contributed by atoms with Gasteiger partial charge in [-0.25, -0.2) is 0 Å². The Morgan fingerprint density at radius 3 is 2.75 bits per heavy atom. The Kier molecular flexibility index (Phi) is 4.64. The quantitative estimate of drug-likeness (QED) is 0.840. The van der Waals surface area contributed by atoms with Crippen molar-refractivity contribution in [1.82, 2.24) is 15.5 Å². The van der Waals surface area contributed by atoms with Gasteiger partial charge in [-0.1, -0.05) is 25.2 Å². The number of carbonyl (C=O) groups is 1. The van der Waals surface area contributed by atoms with Gasteiger partial charge < -0.3 is 10.4 Å². The van der Waals surface area contributed by atoms with Gasteiger partial charge in [0, 0.05) is 13.2 Å². The molecule has 1 amide bonds. The number of hydrogen-bond acceptors (Lipinski definition) is 5. The molecule has 1 rings (SSSR count). The van der Waals surface area contributed by atoms with E-state index in [1.54, 1.807) is 0 Å². The molecule has 0 aliphatic heterocycles. The number of rotatable bonds is 5. The van der Waals surface area contributed by atoms with Crippen LogP contribution in [-0.4, -0.2) is 34.4 Å². The standard InChI is InChI=1S/C9H14ClN3O2S/c1-9(2,3-4-14)5-11-6(15)7-12-13-8(10)16-7/h14H,3-5H2,1-2H3,(H,11,15). The predicted octanol–water partition coefficient (Wildman–Crippen LogP) is 1.33. The largest absolute Gasteiger partial charge is 0.396 e. The first-order chi connectivity index (χ1) is 7.44. The van der Waals surface area contributed by atoms with E-state index in [-0.39, 0.29) is 27.4 Å². The smallest absolute Gasteiger partial charge is 0.282 e. The third-order valence-corrected chi connectivity index (χ3v) is 3.13. The summed E-state index contributed by atoms with van der Waals surface area (Å²) in [6, 6.07) is 0. The highest BCUT2D eigenvalue weighted by Gasteiger charge is 2.20. The van der Waals surface area contributed by atoms with Crippen LogP contribution in [-0.2, 0) is 0 Å². The first-order valence-corrected chi connectivity index (χ1v) is 6.02. The van der Waals surface area contributed by atoms with E-state index in [9.17, 15) is 4.79 Å².